The van der Waals surface area contributed by atoms with Gasteiger partial charge in [0.15, 0.2) is 0 Å². The number of methoxy groups -OCH3 is 1. The molecule has 22 heavy (non-hydrogen) atoms. The Hall–Kier alpha value is -0.650. The van der Waals surface area contributed by atoms with Crippen molar-refractivity contribution in [3.8, 4) is 0 Å². The van der Waals surface area contributed by atoms with Crippen LogP contribution >= 0.6 is 0 Å². The largest absolute Gasteiger partial charge is 0.381 e. The van der Waals surface area contributed by atoms with E-state index in [1.165, 1.54) is 12.8 Å². The van der Waals surface area contributed by atoms with Crippen LogP contribution in [0.15, 0.2) is 0 Å². The van der Waals surface area contributed by atoms with Crippen LogP contribution < -0.4 is 0 Å². The maximum atomic E-state index is 12.0. The zero-order valence-corrected chi connectivity index (χ0v) is 14.1. The number of carbonyl (C=O) groups is 1. The van der Waals surface area contributed by atoms with Crippen molar-refractivity contribution >= 4 is 5.91 Å². The van der Waals surface area contributed by atoms with Crippen molar-refractivity contribution in [1.29, 1.82) is 0 Å². The van der Waals surface area contributed by atoms with E-state index in [4.69, 9.17) is 9.47 Å². The first-order chi connectivity index (χ1) is 10.6. The molecule has 0 aromatic carbocycles. The molecule has 1 unspecified atom stereocenters. The van der Waals surface area contributed by atoms with Gasteiger partial charge in [0.05, 0.1) is 6.61 Å². The van der Waals surface area contributed by atoms with Gasteiger partial charge < -0.3 is 19.3 Å². The number of nitrogens with zero attached hydrogens (tertiary/aromatic N) is 2. The quantitative estimate of drug-likeness (QED) is 0.740. The fourth-order valence-electron chi connectivity index (χ4n) is 4.17. The van der Waals surface area contributed by atoms with E-state index < -0.39 is 0 Å². The first-order valence-corrected chi connectivity index (χ1v) is 8.66. The minimum atomic E-state index is 0.130. The average Bonchev–Trinajstić information content (AvgIpc) is 3.26. The summed E-state index contributed by atoms with van der Waals surface area (Å²) >= 11 is 0. The maximum Gasteiger partial charge on any atom is 0.248 e. The monoisotopic (exact) mass is 310 g/mol. The molecule has 2 saturated heterocycles. The fraction of sp³-hybridized carbons (Fsp3) is 0.941. The number of hydrogen-bond donors (Lipinski definition) is 0. The molecular formula is C17H30N2O3. The van der Waals surface area contributed by atoms with Gasteiger partial charge in [-0.25, -0.2) is 0 Å². The number of carbonyl (C=O) groups excluding carboxylic acids is 1. The van der Waals surface area contributed by atoms with E-state index >= 15 is 0 Å². The summed E-state index contributed by atoms with van der Waals surface area (Å²) in [6.07, 6.45) is 4.91. The lowest BCUT2D eigenvalue weighted by molar-refractivity contribution is -0.138. The van der Waals surface area contributed by atoms with E-state index in [2.05, 4.69) is 11.9 Å². The average molecular weight is 310 g/mol. The third kappa shape index (κ3) is 3.63. The summed E-state index contributed by atoms with van der Waals surface area (Å²) in [5.74, 6) is 1.59. The van der Waals surface area contributed by atoms with Crippen LogP contribution in [0.2, 0.25) is 0 Å². The summed E-state index contributed by atoms with van der Waals surface area (Å²) in [7, 11) is 3.80. The van der Waals surface area contributed by atoms with Crippen LogP contribution in [-0.4, -0.2) is 75.9 Å². The topological polar surface area (TPSA) is 42.0 Å². The van der Waals surface area contributed by atoms with Crippen LogP contribution in [0.3, 0.4) is 0 Å². The smallest absolute Gasteiger partial charge is 0.248 e. The Labute approximate surface area is 133 Å². The molecule has 0 aromatic heterocycles. The van der Waals surface area contributed by atoms with Crippen LogP contribution in [0.1, 0.15) is 25.7 Å². The predicted octanol–water partition coefficient (Wildman–Crippen LogP) is 1.23. The first kappa shape index (κ1) is 16.2. The standard InChI is InChI=1S/C17H30N2O3/c1-18-9-15(11-22-10-14-3-4-14)17(13-18)5-7-19(8-6-17)16(20)12-21-2/h14-15H,3-13H2,1-2H3. The number of ether oxygens (including phenoxy) is 2. The van der Waals surface area contributed by atoms with Crippen molar-refractivity contribution in [1.82, 2.24) is 9.80 Å². The molecule has 3 aliphatic rings. The Kier molecular flexibility index (Phi) is 5.05. The van der Waals surface area contributed by atoms with Gasteiger partial charge in [-0.15, -0.1) is 0 Å². The Balaban J connectivity index is 1.52. The molecule has 5 nitrogen and oxygen atoms in total. The summed E-state index contributed by atoms with van der Waals surface area (Å²) in [4.78, 5) is 16.4. The third-order valence-corrected chi connectivity index (χ3v) is 5.73. The van der Waals surface area contributed by atoms with Crippen LogP contribution in [0.4, 0.5) is 0 Å². The Bertz CT molecular complexity index is 389. The third-order valence-electron chi connectivity index (χ3n) is 5.73. The van der Waals surface area contributed by atoms with E-state index in [-0.39, 0.29) is 12.5 Å². The molecule has 126 valence electrons. The molecule has 3 rings (SSSR count). The zero-order chi connectivity index (χ0) is 15.6. The molecular weight excluding hydrogens is 280 g/mol. The molecule has 0 radical (unpaired) electrons. The molecule has 1 saturated carbocycles. The van der Waals surface area contributed by atoms with Crippen molar-refractivity contribution < 1.29 is 14.3 Å². The number of hydrogen-bond acceptors (Lipinski definition) is 4. The molecule has 0 aromatic rings. The van der Waals surface area contributed by atoms with E-state index in [1.54, 1.807) is 7.11 Å². The van der Waals surface area contributed by atoms with Gasteiger partial charge in [-0.1, -0.05) is 0 Å². The van der Waals surface area contributed by atoms with E-state index in [0.717, 1.165) is 58.2 Å². The molecule has 1 amide bonds. The number of likely N-dealkylation sites (tertiary alicyclic amines) is 2. The number of piperidine rings is 1. The van der Waals surface area contributed by atoms with Gasteiger partial charge in [0.25, 0.3) is 0 Å². The van der Waals surface area contributed by atoms with E-state index in [9.17, 15) is 4.79 Å². The van der Waals surface area contributed by atoms with Gasteiger partial charge in [0.1, 0.15) is 6.61 Å². The molecule has 5 heteroatoms. The normalized spacial score (nSPS) is 28.5. The summed E-state index contributed by atoms with van der Waals surface area (Å²) in [6.45, 7) is 6.08. The number of rotatable bonds is 6. The fourth-order valence-corrected chi connectivity index (χ4v) is 4.17. The minimum Gasteiger partial charge on any atom is -0.381 e. The van der Waals surface area contributed by atoms with Crippen LogP contribution in [0, 0.1) is 17.3 Å². The van der Waals surface area contributed by atoms with Crippen molar-refractivity contribution in [2.24, 2.45) is 17.3 Å². The predicted molar refractivity (Wildman–Crippen MR) is 84.7 cm³/mol. The minimum absolute atomic E-state index is 0.130. The molecule has 2 aliphatic heterocycles. The highest BCUT2D eigenvalue weighted by Crippen LogP contribution is 2.44. The summed E-state index contributed by atoms with van der Waals surface area (Å²) in [5, 5.41) is 0. The van der Waals surface area contributed by atoms with Crippen LogP contribution in [-0.2, 0) is 14.3 Å². The maximum absolute atomic E-state index is 12.0. The highest BCUT2D eigenvalue weighted by atomic mass is 16.5. The lowest BCUT2D eigenvalue weighted by Crippen LogP contribution is -2.48. The lowest BCUT2D eigenvalue weighted by atomic mass is 9.71. The Morgan fingerprint density at radius 3 is 2.59 bits per heavy atom. The highest BCUT2D eigenvalue weighted by Gasteiger charge is 2.47. The lowest BCUT2D eigenvalue weighted by Gasteiger charge is -2.42. The zero-order valence-electron chi connectivity index (χ0n) is 14.1. The highest BCUT2D eigenvalue weighted by molar-refractivity contribution is 5.77. The van der Waals surface area contributed by atoms with Gasteiger partial charge in [-0.3, -0.25) is 4.79 Å². The van der Waals surface area contributed by atoms with Crippen LogP contribution in [0.25, 0.3) is 0 Å². The van der Waals surface area contributed by atoms with E-state index in [0.29, 0.717) is 11.3 Å². The van der Waals surface area contributed by atoms with Crippen LogP contribution in [0.5, 0.6) is 0 Å². The van der Waals surface area contributed by atoms with Gasteiger partial charge in [-0.05, 0) is 44.1 Å². The number of amides is 1. The summed E-state index contributed by atoms with van der Waals surface area (Å²) in [5.41, 5.74) is 0.349. The van der Waals surface area contributed by atoms with E-state index in [1.807, 2.05) is 4.90 Å². The molecule has 0 bridgehead atoms. The molecule has 0 N–H and O–H groups in total. The Morgan fingerprint density at radius 2 is 1.95 bits per heavy atom. The second kappa shape index (κ2) is 6.85. The summed E-state index contributed by atoms with van der Waals surface area (Å²) in [6, 6.07) is 0. The second-order valence-corrected chi connectivity index (χ2v) is 7.55. The van der Waals surface area contributed by atoms with Crippen molar-refractivity contribution in [2.75, 3.05) is 60.2 Å². The molecule has 2 heterocycles. The van der Waals surface area contributed by atoms with Crippen molar-refractivity contribution in [2.45, 2.75) is 25.7 Å². The molecule has 1 spiro atoms. The summed E-state index contributed by atoms with van der Waals surface area (Å²) < 4.78 is 11.0. The SMILES string of the molecule is COCC(=O)N1CCC2(CC1)CN(C)CC2COCC1CC1. The van der Waals surface area contributed by atoms with Crippen molar-refractivity contribution in [3.63, 3.8) is 0 Å². The van der Waals surface area contributed by atoms with Gasteiger partial charge >= 0.3 is 0 Å². The van der Waals surface area contributed by atoms with Gasteiger partial charge in [-0.2, -0.15) is 0 Å². The molecule has 1 atom stereocenters. The first-order valence-electron chi connectivity index (χ1n) is 8.66. The second-order valence-electron chi connectivity index (χ2n) is 7.55. The van der Waals surface area contributed by atoms with Gasteiger partial charge in [0.2, 0.25) is 5.91 Å². The van der Waals surface area contributed by atoms with Crippen molar-refractivity contribution in [3.05, 3.63) is 0 Å². The molecule has 1 aliphatic carbocycles. The molecule has 3 fully saturated rings. The Morgan fingerprint density at radius 1 is 1.23 bits per heavy atom. The van der Waals surface area contributed by atoms with Gasteiger partial charge in [0, 0.05) is 45.8 Å².